The smallest absolute Gasteiger partial charge is 0.420 e. The Balaban J connectivity index is 2.72. The Labute approximate surface area is 105 Å². The summed E-state index contributed by atoms with van der Waals surface area (Å²) in [5.41, 5.74) is -1.06. The zero-order valence-electron chi connectivity index (χ0n) is 10.00. The second-order valence-electron chi connectivity index (χ2n) is 3.69. The van der Waals surface area contributed by atoms with Crippen LogP contribution in [0.15, 0.2) is 22.8 Å². The van der Waals surface area contributed by atoms with Gasteiger partial charge in [0.05, 0.1) is 14.2 Å². The summed E-state index contributed by atoms with van der Waals surface area (Å²) in [6, 6.07) is 2.27. The van der Waals surface area contributed by atoms with Gasteiger partial charge in [0.15, 0.2) is 0 Å². The molecule has 2 aromatic rings. The number of esters is 1. The van der Waals surface area contributed by atoms with Crippen molar-refractivity contribution >= 4 is 16.9 Å². The Bertz CT molecular complexity index is 628. The van der Waals surface area contributed by atoms with Crippen LogP contribution in [-0.2, 0) is 10.9 Å². The van der Waals surface area contributed by atoms with Gasteiger partial charge in [-0.3, -0.25) is 0 Å². The van der Waals surface area contributed by atoms with Crippen LogP contribution in [0, 0.1) is 0 Å². The van der Waals surface area contributed by atoms with Crippen LogP contribution in [0.4, 0.5) is 13.2 Å². The zero-order valence-corrected chi connectivity index (χ0v) is 10.00. The van der Waals surface area contributed by atoms with Crippen LogP contribution in [0.25, 0.3) is 11.0 Å². The van der Waals surface area contributed by atoms with Crippen molar-refractivity contribution in [2.24, 2.45) is 0 Å². The molecule has 1 aromatic heterocycles. The lowest BCUT2D eigenvalue weighted by Crippen LogP contribution is -2.06. The average Bonchev–Trinajstić information content (AvgIpc) is 2.78. The predicted molar refractivity (Wildman–Crippen MR) is 59.1 cm³/mol. The van der Waals surface area contributed by atoms with Gasteiger partial charge in [0.1, 0.15) is 28.7 Å². The van der Waals surface area contributed by atoms with E-state index in [9.17, 15) is 18.0 Å². The van der Waals surface area contributed by atoms with E-state index in [0.29, 0.717) is 6.26 Å². The van der Waals surface area contributed by atoms with Crippen molar-refractivity contribution in [1.82, 2.24) is 0 Å². The highest BCUT2D eigenvalue weighted by Gasteiger charge is 2.35. The molecule has 0 aliphatic carbocycles. The molecular weight excluding hydrogens is 265 g/mol. The molecule has 0 saturated carbocycles. The van der Waals surface area contributed by atoms with Crippen molar-refractivity contribution in [1.29, 1.82) is 0 Å². The maximum Gasteiger partial charge on any atom is 0.420 e. The van der Waals surface area contributed by atoms with E-state index < -0.39 is 17.7 Å². The fourth-order valence-corrected chi connectivity index (χ4v) is 1.71. The molecule has 0 amide bonds. The van der Waals surface area contributed by atoms with Gasteiger partial charge < -0.3 is 13.9 Å². The molecule has 7 heteroatoms. The standard InChI is InChI=1S/C12H9F3O4/c1-17-9-4-10-6(3-7(9)11(16)18-2)8(5-19-10)12(13,14)15/h3-5H,1-2H3. The van der Waals surface area contributed by atoms with Crippen LogP contribution in [-0.4, -0.2) is 20.2 Å². The summed E-state index contributed by atoms with van der Waals surface area (Å²) < 4.78 is 52.5. The zero-order chi connectivity index (χ0) is 14.2. The quantitative estimate of drug-likeness (QED) is 0.789. The molecule has 19 heavy (non-hydrogen) atoms. The number of methoxy groups -OCH3 is 2. The average molecular weight is 274 g/mol. The molecule has 102 valence electrons. The number of hydrogen-bond donors (Lipinski definition) is 0. The minimum absolute atomic E-state index is 0.0168. The number of carbonyl (C=O) groups is 1. The van der Waals surface area contributed by atoms with Crippen molar-refractivity contribution in [2.75, 3.05) is 14.2 Å². The summed E-state index contributed by atoms with van der Waals surface area (Å²) in [7, 11) is 2.42. The van der Waals surface area contributed by atoms with Gasteiger partial charge in [0.2, 0.25) is 0 Å². The molecule has 0 radical (unpaired) electrons. The normalized spacial score (nSPS) is 11.6. The van der Waals surface area contributed by atoms with Gasteiger partial charge in [-0.25, -0.2) is 4.79 Å². The van der Waals surface area contributed by atoms with Gasteiger partial charge in [-0.05, 0) is 6.07 Å². The van der Waals surface area contributed by atoms with Crippen LogP contribution < -0.4 is 4.74 Å². The SMILES string of the molecule is COC(=O)c1cc2c(C(F)(F)F)coc2cc1OC. The Kier molecular flexibility index (Phi) is 3.13. The van der Waals surface area contributed by atoms with E-state index >= 15 is 0 Å². The molecule has 0 saturated heterocycles. The molecule has 1 heterocycles. The van der Waals surface area contributed by atoms with E-state index in [-0.39, 0.29) is 22.3 Å². The number of furan rings is 1. The molecule has 0 spiro atoms. The number of alkyl halides is 3. The van der Waals surface area contributed by atoms with E-state index in [0.717, 1.165) is 13.2 Å². The van der Waals surface area contributed by atoms with E-state index in [2.05, 4.69) is 4.74 Å². The molecule has 0 N–H and O–H groups in total. The number of fused-ring (bicyclic) bond motifs is 1. The lowest BCUT2D eigenvalue weighted by atomic mass is 10.1. The van der Waals surface area contributed by atoms with Crippen molar-refractivity contribution in [3.05, 3.63) is 29.5 Å². The molecule has 0 atom stereocenters. The van der Waals surface area contributed by atoms with Crippen molar-refractivity contribution < 1.29 is 31.9 Å². The highest BCUT2D eigenvalue weighted by molar-refractivity contribution is 5.98. The third kappa shape index (κ3) is 2.23. The monoisotopic (exact) mass is 274 g/mol. The van der Waals surface area contributed by atoms with Crippen LogP contribution in [0.1, 0.15) is 15.9 Å². The van der Waals surface area contributed by atoms with Gasteiger partial charge in [0.25, 0.3) is 0 Å². The van der Waals surface area contributed by atoms with E-state index in [4.69, 9.17) is 9.15 Å². The second-order valence-corrected chi connectivity index (χ2v) is 3.69. The number of carbonyl (C=O) groups excluding carboxylic acids is 1. The van der Waals surface area contributed by atoms with Crippen LogP contribution in [0.5, 0.6) is 5.75 Å². The maximum atomic E-state index is 12.7. The molecular formula is C12H9F3O4. The number of rotatable bonds is 2. The van der Waals surface area contributed by atoms with E-state index in [1.54, 1.807) is 0 Å². The Hall–Kier alpha value is -2.18. The van der Waals surface area contributed by atoms with E-state index in [1.165, 1.54) is 13.2 Å². The molecule has 0 fully saturated rings. The molecule has 0 aliphatic heterocycles. The third-order valence-corrected chi connectivity index (χ3v) is 2.61. The summed E-state index contributed by atoms with van der Waals surface area (Å²) in [5.74, 6) is -0.699. The number of benzene rings is 1. The Morgan fingerprint density at radius 3 is 2.47 bits per heavy atom. The Morgan fingerprint density at radius 1 is 1.26 bits per heavy atom. The van der Waals surface area contributed by atoms with Crippen molar-refractivity contribution in [2.45, 2.75) is 6.18 Å². The largest absolute Gasteiger partial charge is 0.496 e. The van der Waals surface area contributed by atoms with Crippen LogP contribution in [0.2, 0.25) is 0 Å². The summed E-state index contributed by atoms with van der Waals surface area (Å²) in [6.07, 6.45) is -3.96. The van der Waals surface area contributed by atoms with Gasteiger partial charge in [-0.15, -0.1) is 0 Å². The molecule has 1 aromatic carbocycles. The second kappa shape index (κ2) is 4.49. The predicted octanol–water partition coefficient (Wildman–Crippen LogP) is 3.25. The summed E-state index contributed by atoms with van der Waals surface area (Å²) in [4.78, 5) is 11.5. The summed E-state index contributed by atoms with van der Waals surface area (Å²) >= 11 is 0. The van der Waals surface area contributed by atoms with Crippen LogP contribution >= 0.6 is 0 Å². The maximum absolute atomic E-state index is 12.7. The van der Waals surface area contributed by atoms with Crippen LogP contribution in [0.3, 0.4) is 0 Å². The van der Waals surface area contributed by atoms with Gasteiger partial charge >= 0.3 is 12.1 Å². The van der Waals surface area contributed by atoms with E-state index in [1.807, 2.05) is 0 Å². The Morgan fingerprint density at radius 2 is 1.95 bits per heavy atom. The number of ether oxygens (including phenoxy) is 2. The summed E-state index contributed by atoms with van der Waals surface area (Å²) in [5, 5.41) is -0.214. The topological polar surface area (TPSA) is 48.7 Å². The van der Waals surface area contributed by atoms with Gasteiger partial charge in [-0.2, -0.15) is 13.2 Å². The fraction of sp³-hybridized carbons (Fsp3) is 0.250. The molecule has 0 bridgehead atoms. The minimum Gasteiger partial charge on any atom is -0.496 e. The highest BCUT2D eigenvalue weighted by atomic mass is 19.4. The molecule has 2 rings (SSSR count). The first-order valence-corrected chi connectivity index (χ1v) is 5.13. The summed E-state index contributed by atoms with van der Waals surface area (Å²) in [6.45, 7) is 0. The third-order valence-electron chi connectivity index (χ3n) is 2.61. The van der Waals surface area contributed by atoms with Crippen molar-refractivity contribution in [3.63, 3.8) is 0 Å². The number of halogens is 3. The minimum atomic E-state index is -4.56. The number of hydrogen-bond acceptors (Lipinski definition) is 4. The fourth-order valence-electron chi connectivity index (χ4n) is 1.71. The first-order chi connectivity index (χ1) is 8.88. The van der Waals surface area contributed by atoms with Gasteiger partial charge in [-0.1, -0.05) is 0 Å². The molecule has 0 unspecified atom stereocenters. The van der Waals surface area contributed by atoms with Crippen molar-refractivity contribution in [3.8, 4) is 5.75 Å². The lowest BCUT2D eigenvalue weighted by Gasteiger charge is -2.08. The van der Waals surface area contributed by atoms with Gasteiger partial charge in [0, 0.05) is 11.5 Å². The molecule has 4 nitrogen and oxygen atoms in total. The highest BCUT2D eigenvalue weighted by Crippen LogP contribution is 2.38. The first-order valence-electron chi connectivity index (χ1n) is 5.13. The molecule has 0 aliphatic rings. The lowest BCUT2D eigenvalue weighted by molar-refractivity contribution is -0.136. The first kappa shape index (κ1) is 13.3.